The maximum atomic E-state index is 12.4. The minimum Gasteiger partial charge on any atom is -0.486 e. The molecule has 138 valence electrons. The first-order valence-corrected chi connectivity index (χ1v) is 9.90. The molecule has 4 nitrogen and oxygen atoms in total. The molecule has 0 aromatic heterocycles. The number of ether oxygens (including phenoxy) is 2. The number of carbonyl (C=O) groups is 1. The molecule has 2 aromatic rings. The lowest BCUT2D eigenvalue weighted by Gasteiger charge is -2.28. The summed E-state index contributed by atoms with van der Waals surface area (Å²) in [5, 5.41) is 3.82. The number of carbonyl (C=O) groups excluding carboxylic acids is 1. The van der Waals surface area contributed by atoms with Gasteiger partial charge in [0.25, 0.3) is 0 Å². The predicted octanol–water partition coefficient (Wildman–Crippen LogP) is 4.64. The Bertz CT molecular complexity index is 777. The van der Waals surface area contributed by atoms with E-state index >= 15 is 0 Å². The molecule has 1 heterocycles. The van der Waals surface area contributed by atoms with Gasteiger partial charge in [0.2, 0.25) is 5.91 Å². The van der Waals surface area contributed by atoms with Crippen LogP contribution in [0.15, 0.2) is 47.4 Å². The van der Waals surface area contributed by atoms with E-state index in [0.29, 0.717) is 30.4 Å². The highest BCUT2D eigenvalue weighted by atomic mass is 35.5. The van der Waals surface area contributed by atoms with Crippen molar-refractivity contribution in [3.63, 3.8) is 0 Å². The third-order valence-electron chi connectivity index (χ3n) is 4.13. The molecule has 0 saturated carbocycles. The van der Waals surface area contributed by atoms with Crippen molar-refractivity contribution in [3.8, 4) is 11.5 Å². The Hall–Kier alpha value is -1.85. The lowest BCUT2D eigenvalue weighted by Crippen LogP contribution is -2.41. The van der Waals surface area contributed by atoms with Crippen molar-refractivity contribution >= 4 is 29.3 Å². The average molecular weight is 392 g/mol. The van der Waals surface area contributed by atoms with Crippen LogP contribution in [0.5, 0.6) is 11.5 Å². The third kappa shape index (κ3) is 4.86. The third-order valence-corrected chi connectivity index (χ3v) is 5.39. The molecule has 6 heteroatoms. The minimum atomic E-state index is -0.488. The van der Waals surface area contributed by atoms with Crippen LogP contribution < -0.4 is 14.8 Å². The van der Waals surface area contributed by atoms with Crippen molar-refractivity contribution in [2.45, 2.75) is 30.7 Å². The molecule has 1 aliphatic heterocycles. The zero-order valence-electron chi connectivity index (χ0n) is 14.9. The maximum absolute atomic E-state index is 12.4. The van der Waals surface area contributed by atoms with Gasteiger partial charge in [-0.25, -0.2) is 0 Å². The average Bonchev–Trinajstić information content (AvgIpc) is 2.62. The van der Waals surface area contributed by atoms with Gasteiger partial charge in [-0.3, -0.25) is 4.79 Å². The standard InChI is InChI=1S/C20H22ClNO3S/c1-20(2,14-3-8-17-18(13-14)25-11-10-24-17)22-19(23)9-12-26-16-6-4-15(21)5-7-16/h3-8,13H,9-12H2,1-2H3,(H,22,23). The van der Waals surface area contributed by atoms with Gasteiger partial charge in [-0.05, 0) is 55.8 Å². The molecule has 0 bridgehead atoms. The van der Waals surface area contributed by atoms with Crippen molar-refractivity contribution in [3.05, 3.63) is 53.1 Å². The van der Waals surface area contributed by atoms with E-state index < -0.39 is 5.54 Å². The highest BCUT2D eigenvalue weighted by Gasteiger charge is 2.25. The van der Waals surface area contributed by atoms with E-state index in [0.717, 1.165) is 22.0 Å². The number of rotatable bonds is 6. The molecule has 0 radical (unpaired) electrons. The van der Waals surface area contributed by atoms with Gasteiger partial charge in [0.15, 0.2) is 11.5 Å². The second-order valence-electron chi connectivity index (χ2n) is 6.58. The highest BCUT2D eigenvalue weighted by molar-refractivity contribution is 7.99. The highest BCUT2D eigenvalue weighted by Crippen LogP contribution is 2.34. The fourth-order valence-electron chi connectivity index (χ4n) is 2.71. The Morgan fingerprint density at radius 2 is 1.81 bits per heavy atom. The predicted molar refractivity (Wildman–Crippen MR) is 105 cm³/mol. The summed E-state index contributed by atoms with van der Waals surface area (Å²) in [6.07, 6.45) is 0.446. The number of fused-ring (bicyclic) bond motifs is 1. The van der Waals surface area contributed by atoms with Gasteiger partial charge >= 0.3 is 0 Å². The Kier molecular flexibility index (Phi) is 5.99. The van der Waals surface area contributed by atoms with Gasteiger partial charge in [0.1, 0.15) is 13.2 Å². The quantitative estimate of drug-likeness (QED) is 0.728. The lowest BCUT2D eigenvalue weighted by atomic mass is 9.93. The van der Waals surface area contributed by atoms with Crippen LogP contribution in [0.3, 0.4) is 0 Å². The number of thioether (sulfide) groups is 1. The summed E-state index contributed by atoms with van der Waals surface area (Å²) in [5.74, 6) is 2.22. The second-order valence-corrected chi connectivity index (χ2v) is 8.19. The van der Waals surface area contributed by atoms with Gasteiger partial charge in [-0.2, -0.15) is 0 Å². The van der Waals surface area contributed by atoms with E-state index in [9.17, 15) is 4.79 Å². The molecule has 0 aliphatic carbocycles. The van der Waals surface area contributed by atoms with Gasteiger partial charge in [0, 0.05) is 22.1 Å². The number of hydrogen-bond acceptors (Lipinski definition) is 4. The monoisotopic (exact) mass is 391 g/mol. The summed E-state index contributed by atoms with van der Waals surface area (Å²) < 4.78 is 11.2. The number of hydrogen-bond donors (Lipinski definition) is 1. The number of nitrogens with one attached hydrogen (secondary N) is 1. The summed E-state index contributed by atoms with van der Waals surface area (Å²) in [6.45, 7) is 5.09. The first-order chi connectivity index (χ1) is 12.4. The summed E-state index contributed by atoms with van der Waals surface area (Å²) in [7, 11) is 0. The molecule has 26 heavy (non-hydrogen) atoms. The van der Waals surface area contributed by atoms with Gasteiger partial charge in [0.05, 0.1) is 5.54 Å². The normalized spacial score (nSPS) is 13.3. The van der Waals surface area contributed by atoms with E-state index in [-0.39, 0.29) is 5.91 Å². The Morgan fingerprint density at radius 1 is 1.12 bits per heavy atom. The van der Waals surface area contributed by atoms with Gasteiger partial charge < -0.3 is 14.8 Å². The molecular weight excluding hydrogens is 370 g/mol. The summed E-state index contributed by atoms with van der Waals surface area (Å²) in [5.41, 5.74) is 0.498. The zero-order chi connectivity index (χ0) is 18.6. The minimum absolute atomic E-state index is 0.0198. The van der Waals surface area contributed by atoms with E-state index in [4.69, 9.17) is 21.1 Å². The fourth-order valence-corrected chi connectivity index (χ4v) is 3.69. The largest absolute Gasteiger partial charge is 0.486 e. The van der Waals surface area contributed by atoms with Crippen LogP contribution in [0, 0.1) is 0 Å². The number of benzene rings is 2. The van der Waals surface area contributed by atoms with Crippen molar-refractivity contribution in [1.82, 2.24) is 5.32 Å². The molecule has 0 atom stereocenters. The Morgan fingerprint density at radius 3 is 2.54 bits per heavy atom. The fraction of sp³-hybridized carbons (Fsp3) is 0.350. The summed E-state index contributed by atoms with van der Waals surface area (Å²) in [6, 6.07) is 13.4. The summed E-state index contributed by atoms with van der Waals surface area (Å²) in [4.78, 5) is 13.5. The van der Waals surface area contributed by atoms with Crippen LogP contribution in [0.25, 0.3) is 0 Å². The second kappa shape index (κ2) is 8.23. The van der Waals surface area contributed by atoms with E-state index in [1.807, 2.05) is 56.3 Å². The molecule has 0 saturated heterocycles. The topological polar surface area (TPSA) is 47.6 Å². The van der Waals surface area contributed by atoms with Crippen molar-refractivity contribution in [2.75, 3.05) is 19.0 Å². The molecular formula is C20H22ClNO3S. The molecule has 1 amide bonds. The van der Waals surface area contributed by atoms with Crippen molar-refractivity contribution < 1.29 is 14.3 Å². The van der Waals surface area contributed by atoms with Crippen LogP contribution in [-0.2, 0) is 10.3 Å². The van der Waals surface area contributed by atoms with E-state index in [1.165, 1.54) is 0 Å². The van der Waals surface area contributed by atoms with Crippen LogP contribution >= 0.6 is 23.4 Å². The Labute approximate surface area is 163 Å². The molecule has 1 N–H and O–H groups in total. The molecule has 2 aromatic carbocycles. The van der Waals surface area contributed by atoms with Gasteiger partial charge in [-0.1, -0.05) is 17.7 Å². The SMILES string of the molecule is CC(C)(NC(=O)CCSc1ccc(Cl)cc1)c1ccc2c(c1)OCCO2. The Balaban J connectivity index is 1.54. The van der Waals surface area contributed by atoms with Crippen LogP contribution in [0.4, 0.5) is 0 Å². The van der Waals surface area contributed by atoms with Crippen molar-refractivity contribution in [1.29, 1.82) is 0 Å². The number of halogens is 1. The van der Waals surface area contributed by atoms with Crippen molar-refractivity contribution in [2.24, 2.45) is 0 Å². The first-order valence-electron chi connectivity index (χ1n) is 8.53. The smallest absolute Gasteiger partial charge is 0.221 e. The van der Waals surface area contributed by atoms with Crippen LogP contribution in [-0.4, -0.2) is 24.9 Å². The molecule has 1 aliphatic rings. The lowest BCUT2D eigenvalue weighted by molar-refractivity contribution is -0.122. The first kappa shape index (κ1) is 18.9. The summed E-state index contributed by atoms with van der Waals surface area (Å²) >= 11 is 7.52. The number of amides is 1. The van der Waals surface area contributed by atoms with Crippen LogP contribution in [0.2, 0.25) is 5.02 Å². The van der Waals surface area contributed by atoms with E-state index in [1.54, 1.807) is 11.8 Å². The molecule has 3 rings (SSSR count). The molecule has 0 spiro atoms. The van der Waals surface area contributed by atoms with Gasteiger partial charge in [-0.15, -0.1) is 11.8 Å². The van der Waals surface area contributed by atoms with Crippen LogP contribution in [0.1, 0.15) is 25.8 Å². The molecule has 0 unspecified atom stereocenters. The maximum Gasteiger partial charge on any atom is 0.221 e. The zero-order valence-corrected chi connectivity index (χ0v) is 16.5. The van der Waals surface area contributed by atoms with E-state index in [2.05, 4.69) is 5.32 Å². The molecule has 0 fully saturated rings.